The molecule has 3 aliphatic rings. The van der Waals surface area contributed by atoms with Gasteiger partial charge in [0.05, 0.1) is 36.3 Å². The molecule has 10 nitrogen and oxygen atoms in total. The first-order valence-corrected chi connectivity index (χ1v) is 12.0. The number of piperazine rings is 1. The average molecular weight is 471 g/mol. The number of morpholine rings is 1. The van der Waals surface area contributed by atoms with Gasteiger partial charge >= 0.3 is 0 Å². The molecule has 1 aromatic carbocycles. The molecule has 0 bridgehead atoms. The standard InChI is InChI=1S/C25H26N8O2/c1-16-17(11-26)3-2-4-19(16)23-13-31-9-10-32(12-18(31)14-35-23)25(34)21-5-7-22-20(21)6-8-24(28-22)33-15-27-29-30-33/h2-4,6,8,15,18,21,23H,5,7,9-10,12-14H2,1H3. The summed E-state index contributed by atoms with van der Waals surface area (Å²) in [6.45, 7) is 5.54. The second kappa shape index (κ2) is 8.83. The molecule has 0 N–H and O–H groups in total. The molecule has 2 aliphatic heterocycles. The van der Waals surface area contributed by atoms with E-state index < -0.39 is 0 Å². The van der Waals surface area contributed by atoms with Gasteiger partial charge in [-0.25, -0.2) is 4.98 Å². The SMILES string of the molecule is Cc1c(C#N)cccc1C1CN2CCN(C(=O)C3CCc4nc(-n5cnnn5)ccc43)CC2CO1. The number of amides is 1. The molecule has 4 heterocycles. The van der Waals surface area contributed by atoms with Crippen LogP contribution in [-0.2, 0) is 16.0 Å². The lowest BCUT2D eigenvalue weighted by Crippen LogP contribution is -2.60. The molecule has 3 unspecified atom stereocenters. The molecule has 0 spiro atoms. The van der Waals surface area contributed by atoms with E-state index in [9.17, 15) is 10.1 Å². The maximum atomic E-state index is 13.5. The third-order valence-corrected chi connectivity index (χ3v) is 7.57. The van der Waals surface area contributed by atoms with E-state index in [1.54, 1.807) is 0 Å². The van der Waals surface area contributed by atoms with Gasteiger partial charge in [0.2, 0.25) is 5.91 Å². The molecular weight excluding hydrogens is 444 g/mol. The lowest BCUT2D eigenvalue weighted by atomic mass is 9.96. The van der Waals surface area contributed by atoms with E-state index in [4.69, 9.17) is 9.72 Å². The number of aromatic nitrogens is 5. The van der Waals surface area contributed by atoms with Gasteiger partial charge in [0.1, 0.15) is 6.33 Å². The molecule has 2 aromatic heterocycles. The summed E-state index contributed by atoms with van der Waals surface area (Å²) in [5.74, 6) is 0.695. The zero-order valence-corrected chi connectivity index (χ0v) is 19.5. The number of nitriles is 1. The van der Waals surface area contributed by atoms with Crippen molar-refractivity contribution in [2.24, 2.45) is 0 Å². The van der Waals surface area contributed by atoms with Crippen molar-refractivity contribution >= 4 is 5.91 Å². The molecule has 6 rings (SSSR count). The van der Waals surface area contributed by atoms with E-state index in [1.165, 1.54) is 11.0 Å². The Labute approximate surface area is 203 Å². The Kier molecular flexibility index (Phi) is 5.51. The first kappa shape index (κ1) is 21.8. The van der Waals surface area contributed by atoms with Crippen molar-refractivity contribution in [1.29, 1.82) is 5.26 Å². The number of carbonyl (C=O) groups is 1. The Morgan fingerprint density at radius 2 is 2.09 bits per heavy atom. The minimum atomic E-state index is -0.152. The van der Waals surface area contributed by atoms with Crippen LogP contribution < -0.4 is 0 Å². The van der Waals surface area contributed by atoms with Gasteiger partial charge in [0, 0.05) is 31.9 Å². The topological polar surface area (TPSA) is 113 Å². The summed E-state index contributed by atoms with van der Waals surface area (Å²) >= 11 is 0. The monoisotopic (exact) mass is 470 g/mol. The number of aryl methyl sites for hydroxylation is 1. The molecule has 1 amide bonds. The van der Waals surface area contributed by atoms with Crippen LogP contribution in [0.2, 0.25) is 0 Å². The largest absolute Gasteiger partial charge is 0.370 e. The Bertz CT molecular complexity index is 1300. The normalized spacial score (nSPS) is 24.0. The number of hydrogen-bond acceptors (Lipinski definition) is 8. The van der Waals surface area contributed by atoms with Crippen LogP contribution in [-0.4, -0.2) is 79.7 Å². The first-order valence-electron chi connectivity index (χ1n) is 12.0. The number of tetrazole rings is 1. The van der Waals surface area contributed by atoms with Crippen LogP contribution >= 0.6 is 0 Å². The van der Waals surface area contributed by atoms with Crippen molar-refractivity contribution in [1.82, 2.24) is 35.0 Å². The summed E-state index contributed by atoms with van der Waals surface area (Å²) in [7, 11) is 0. The van der Waals surface area contributed by atoms with Crippen LogP contribution in [0.5, 0.6) is 0 Å². The molecular formula is C25H26N8O2. The second-order valence-corrected chi connectivity index (χ2v) is 9.44. The lowest BCUT2D eigenvalue weighted by molar-refractivity contribution is -0.141. The molecule has 10 heteroatoms. The smallest absolute Gasteiger partial charge is 0.230 e. The maximum Gasteiger partial charge on any atom is 0.230 e. The number of carbonyl (C=O) groups excluding carboxylic acids is 1. The highest BCUT2D eigenvalue weighted by atomic mass is 16.5. The van der Waals surface area contributed by atoms with Crippen LogP contribution in [0.4, 0.5) is 0 Å². The molecule has 2 fully saturated rings. The summed E-state index contributed by atoms with van der Waals surface area (Å²) in [6, 6.07) is 12.1. The number of rotatable bonds is 3. The number of hydrogen-bond donors (Lipinski definition) is 0. The summed E-state index contributed by atoms with van der Waals surface area (Å²) in [5.41, 5.74) is 4.73. The fraction of sp³-hybridized carbons (Fsp3) is 0.440. The highest BCUT2D eigenvalue weighted by Crippen LogP contribution is 2.35. The molecule has 1 aliphatic carbocycles. The van der Waals surface area contributed by atoms with Gasteiger partial charge in [-0.05, 0) is 59.0 Å². The van der Waals surface area contributed by atoms with Crippen molar-refractivity contribution < 1.29 is 9.53 Å². The highest BCUT2D eigenvalue weighted by Gasteiger charge is 2.39. The molecule has 178 valence electrons. The van der Waals surface area contributed by atoms with Crippen molar-refractivity contribution in [2.75, 3.05) is 32.8 Å². The summed E-state index contributed by atoms with van der Waals surface area (Å²) in [4.78, 5) is 22.7. The van der Waals surface area contributed by atoms with Crippen LogP contribution in [0.15, 0.2) is 36.7 Å². The van der Waals surface area contributed by atoms with Crippen LogP contribution in [0.3, 0.4) is 0 Å². The van der Waals surface area contributed by atoms with E-state index in [-0.39, 0.29) is 24.0 Å². The maximum absolute atomic E-state index is 13.5. The van der Waals surface area contributed by atoms with Crippen molar-refractivity contribution in [2.45, 2.75) is 37.8 Å². The third kappa shape index (κ3) is 3.87. The molecule has 0 radical (unpaired) electrons. The van der Waals surface area contributed by atoms with Crippen LogP contribution in [0, 0.1) is 18.3 Å². The number of nitrogens with zero attached hydrogens (tertiary/aromatic N) is 8. The summed E-state index contributed by atoms with van der Waals surface area (Å²) < 4.78 is 7.79. The van der Waals surface area contributed by atoms with Gasteiger partial charge in [-0.2, -0.15) is 9.94 Å². The quantitative estimate of drug-likeness (QED) is 0.567. The van der Waals surface area contributed by atoms with Gasteiger partial charge < -0.3 is 9.64 Å². The van der Waals surface area contributed by atoms with Gasteiger partial charge in [-0.3, -0.25) is 9.69 Å². The van der Waals surface area contributed by atoms with Crippen LogP contribution in [0.1, 0.15) is 46.4 Å². The Hall–Kier alpha value is -3.68. The van der Waals surface area contributed by atoms with E-state index in [0.717, 1.165) is 48.3 Å². The number of benzene rings is 1. The Morgan fingerprint density at radius 3 is 2.91 bits per heavy atom. The summed E-state index contributed by atoms with van der Waals surface area (Å²) in [5, 5.41) is 20.6. The highest BCUT2D eigenvalue weighted by molar-refractivity contribution is 5.85. The predicted octanol–water partition coefficient (Wildman–Crippen LogP) is 1.55. The molecule has 3 atom stereocenters. The van der Waals surface area contributed by atoms with Gasteiger partial charge in [0.25, 0.3) is 0 Å². The van der Waals surface area contributed by atoms with Gasteiger partial charge in [-0.15, -0.1) is 5.10 Å². The fourth-order valence-corrected chi connectivity index (χ4v) is 5.62. The van der Waals surface area contributed by atoms with Crippen molar-refractivity contribution in [3.63, 3.8) is 0 Å². The minimum absolute atomic E-state index is 0.0519. The Morgan fingerprint density at radius 1 is 1.17 bits per heavy atom. The zero-order chi connectivity index (χ0) is 23.9. The zero-order valence-electron chi connectivity index (χ0n) is 19.5. The van der Waals surface area contributed by atoms with E-state index in [0.29, 0.717) is 31.1 Å². The number of ether oxygens (including phenoxy) is 1. The fourth-order valence-electron chi connectivity index (χ4n) is 5.62. The summed E-state index contributed by atoms with van der Waals surface area (Å²) in [6.07, 6.45) is 3.02. The number of pyridine rings is 1. The van der Waals surface area contributed by atoms with Crippen molar-refractivity contribution in [3.05, 3.63) is 64.6 Å². The van der Waals surface area contributed by atoms with Gasteiger partial charge in [-0.1, -0.05) is 18.2 Å². The molecule has 3 aromatic rings. The Balaban J connectivity index is 1.12. The van der Waals surface area contributed by atoms with E-state index in [2.05, 4.69) is 32.6 Å². The predicted molar refractivity (Wildman–Crippen MR) is 125 cm³/mol. The van der Waals surface area contributed by atoms with Crippen molar-refractivity contribution in [3.8, 4) is 11.9 Å². The molecule has 0 saturated carbocycles. The van der Waals surface area contributed by atoms with Gasteiger partial charge in [0.15, 0.2) is 5.82 Å². The second-order valence-electron chi connectivity index (χ2n) is 9.44. The number of fused-ring (bicyclic) bond motifs is 2. The van der Waals surface area contributed by atoms with E-state index >= 15 is 0 Å². The minimum Gasteiger partial charge on any atom is -0.370 e. The molecule has 35 heavy (non-hydrogen) atoms. The van der Waals surface area contributed by atoms with Crippen LogP contribution in [0.25, 0.3) is 5.82 Å². The average Bonchev–Trinajstić information content (AvgIpc) is 3.58. The lowest BCUT2D eigenvalue weighted by Gasteiger charge is -2.46. The first-order chi connectivity index (χ1) is 17.1. The van der Waals surface area contributed by atoms with E-state index in [1.807, 2.05) is 36.1 Å². The third-order valence-electron chi connectivity index (χ3n) is 7.57. The molecule has 2 saturated heterocycles.